The number of fused-ring (bicyclic) bond motifs is 3. The van der Waals surface area contributed by atoms with Gasteiger partial charge in [0.2, 0.25) is 0 Å². The van der Waals surface area contributed by atoms with Gasteiger partial charge in [0.1, 0.15) is 0 Å². The topological polar surface area (TPSA) is 0 Å². The molecule has 2 aliphatic carbocycles. The van der Waals surface area contributed by atoms with Crippen molar-refractivity contribution in [1.82, 2.24) is 0 Å². The standard InChI is InChI=1S/C24H27Si/c1-24(2,3)23-20(14-15-21(23)25(4)5)22-18-12-8-6-10-16(18)17-11-7-9-13-19(17)22/h6-14,22H,15H2,1-5H3. The molecule has 0 N–H and O–H groups in total. The highest BCUT2D eigenvalue weighted by Gasteiger charge is 2.38. The van der Waals surface area contributed by atoms with Crippen LogP contribution >= 0.6 is 0 Å². The van der Waals surface area contributed by atoms with Crippen LogP contribution in [0.1, 0.15) is 44.2 Å². The van der Waals surface area contributed by atoms with Crippen molar-refractivity contribution in [1.29, 1.82) is 0 Å². The highest BCUT2D eigenvalue weighted by molar-refractivity contribution is 6.64. The minimum atomic E-state index is -0.430. The van der Waals surface area contributed by atoms with Gasteiger partial charge in [-0.3, -0.25) is 0 Å². The summed E-state index contributed by atoms with van der Waals surface area (Å²) in [5.74, 6) is 0.403. The Hall–Kier alpha value is -1.86. The average molecular weight is 344 g/mol. The van der Waals surface area contributed by atoms with Crippen LogP contribution in [0.2, 0.25) is 13.1 Å². The number of hydrogen-bond donors (Lipinski definition) is 0. The first-order chi connectivity index (χ1) is 11.9. The van der Waals surface area contributed by atoms with Gasteiger partial charge in [-0.2, -0.15) is 0 Å². The number of allylic oxidation sites excluding steroid dienone is 4. The van der Waals surface area contributed by atoms with Crippen LogP contribution in [0.5, 0.6) is 0 Å². The molecule has 0 saturated carbocycles. The molecule has 127 valence electrons. The van der Waals surface area contributed by atoms with E-state index in [4.69, 9.17) is 0 Å². The van der Waals surface area contributed by atoms with Gasteiger partial charge >= 0.3 is 0 Å². The zero-order valence-electron chi connectivity index (χ0n) is 16.0. The van der Waals surface area contributed by atoms with Gasteiger partial charge < -0.3 is 0 Å². The van der Waals surface area contributed by atoms with Gasteiger partial charge in [-0.15, -0.1) is 0 Å². The summed E-state index contributed by atoms with van der Waals surface area (Å²) < 4.78 is 0. The van der Waals surface area contributed by atoms with Crippen LogP contribution < -0.4 is 0 Å². The van der Waals surface area contributed by atoms with Gasteiger partial charge in [0, 0.05) is 5.92 Å². The molecule has 25 heavy (non-hydrogen) atoms. The zero-order valence-corrected chi connectivity index (χ0v) is 17.0. The van der Waals surface area contributed by atoms with Crippen LogP contribution in [-0.4, -0.2) is 8.80 Å². The van der Waals surface area contributed by atoms with E-state index in [1.165, 1.54) is 22.3 Å². The van der Waals surface area contributed by atoms with Crippen molar-refractivity contribution in [3.8, 4) is 11.1 Å². The Labute approximate surface area is 153 Å². The number of hydrogen-bond acceptors (Lipinski definition) is 0. The molecule has 1 radical (unpaired) electrons. The van der Waals surface area contributed by atoms with Gasteiger partial charge in [0.15, 0.2) is 0 Å². The molecule has 0 atom stereocenters. The fourth-order valence-electron chi connectivity index (χ4n) is 4.68. The van der Waals surface area contributed by atoms with E-state index in [0.717, 1.165) is 6.42 Å². The van der Waals surface area contributed by atoms with E-state index in [1.54, 1.807) is 16.3 Å². The van der Waals surface area contributed by atoms with E-state index >= 15 is 0 Å². The van der Waals surface area contributed by atoms with Crippen LogP contribution in [0, 0.1) is 5.41 Å². The summed E-state index contributed by atoms with van der Waals surface area (Å²) in [6, 6.07) is 18.0. The summed E-state index contributed by atoms with van der Waals surface area (Å²) in [6.07, 6.45) is 3.70. The van der Waals surface area contributed by atoms with E-state index in [0.29, 0.717) is 5.92 Å². The fraction of sp³-hybridized carbons (Fsp3) is 0.333. The van der Waals surface area contributed by atoms with Crippen molar-refractivity contribution in [2.45, 2.75) is 46.2 Å². The summed E-state index contributed by atoms with van der Waals surface area (Å²) in [5.41, 5.74) is 9.23. The Morgan fingerprint density at radius 2 is 1.36 bits per heavy atom. The molecule has 0 spiro atoms. The van der Waals surface area contributed by atoms with Crippen molar-refractivity contribution < 1.29 is 0 Å². The van der Waals surface area contributed by atoms with E-state index in [9.17, 15) is 0 Å². The van der Waals surface area contributed by atoms with Crippen LogP contribution in [-0.2, 0) is 0 Å². The first-order valence-corrected chi connectivity index (χ1v) is 11.8. The van der Waals surface area contributed by atoms with Gasteiger partial charge in [-0.25, -0.2) is 0 Å². The smallest absolute Gasteiger partial charge is 0.0745 e. The molecule has 0 aromatic heterocycles. The highest BCUT2D eigenvalue weighted by atomic mass is 28.3. The second kappa shape index (κ2) is 5.84. The number of rotatable bonds is 2. The van der Waals surface area contributed by atoms with Crippen LogP contribution in [0.25, 0.3) is 11.1 Å². The fourth-order valence-corrected chi connectivity index (χ4v) is 6.21. The highest BCUT2D eigenvalue weighted by Crippen LogP contribution is 2.54. The third kappa shape index (κ3) is 2.57. The van der Waals surface area contributed by atoms with E-state index in [2.05, 4.69) is 88.5 Å². The Balaban J connectivity index is 1.93. The van der Waals surface area contributed by atoms with Gasteiger partial charge in [0.05, 0.1) is 8.80 Å². The summed E-state index contributed by atoms with van der Waals surface area (Å²) in [4.78, 5) is 0. The Kier molecular flexibility index (Phi) is 3.88. The van der Waals surface area contributed by atoms with Gasteiger partial charge in [0.25, 0.3) is 0 Å². The summed E-state index contributed by atoms with van der Waals surface area (Å²) in [6.45, 7) is 12.1. The molecule has 2 aromatic rings. The molecule has 2 aromatic carbocycles. The first-order valence-electron chi connectivity index (χ1n) is 9.32. The van der Waals surface area contributed by atoms with Crippen molar-refractivity contribution in [2.75, 3.05) is 0 Å². The maximum absolute atomic E-state index is 2.54. The normalized spacial score (nSPS) is 17.1. The molecule has 0 amide bonds. The molecule has 2 aliphatic rings. The zero-order chi connectivity index (χ0) is 17.8. The molecule has 0 heterocycles. The summed E-state index contributed by atoms with van der Waals surface area (Å²) >= 11 is 0. The maximum atomic E-state index is 2.54. The molecule has 0 unspecified atom stereocenters. The first kappa shape index (κ1) is 16.6. The van der Waals surface area contributed by atoms with Crippen LogP contribution in [0.3, 0.4) is 0 Å². The average Bonchev–Trinajstić information content (AvgIpc) is 3.13. The molecule has 0 aliphatic heterocycles. The minimum absolute atomic E-state index is 0.200. The van der Waals surface area contributed by atoms with E-state index in [-0.39, 0.29) is 5.41 Å². The molecule has 1 heteroatoms. The van der Waals surface area contributed by atoms with Crippen molar-refractivity contribution in [3.05, 3.63) is 82.1 Å². The van der Waals surface area contributed by atoms with Crippen molar-refractivity contribution in [3.63, 3.8) is 0 Å². The van der Waals surface area contributed by atoms with E-state index < -0.39 is 8.80 Å². The predicted molar refractivity (Wildman–Crippen MR) is 110 cm³/mol. The molecular weight excluding hydrogens is 316 g/mol. The predicted octanol–water partition coefficient (Wildman–Crippen LogP) is 6.77. The largest absolute Gasteiger partial charge is 0.0764 e. The lowest BCUT2D eigenvalue weighted by Crippen LogP contribution is -2.19. The number of benzene rings is 2. The van der Waals surface area contributed by atoms with Crippen LogP contribution in [0.4, 0.5) is 0 Å². The molecule has 4 rings (SSSR count). The summed E-state index contributed by atoms with van der Waals surface area (Å²) in [7, 11) is -0.430. The van der Waals surface area contributed by atoms with Gasteiger partial charge in [-0.1, -0.05) is 93.7 Å². The Morgan fingerprint density at radius 1 is 0.840 bits per heavy atom. The lowest BCUT2D eigenvalue weighted by atomic mass is 9.76. The quantitative estimate of drug-likeness (QED) is 0.528. The third-order valence-electron chi connectivity index (χ3n) is 5.61. The van der Waals surface area contributed by atoms with Gasteiger partial charge in [-0.05, 0) is 45.2 Å². The Morgan fingerprint density at radius 3 is 1.84 bits per heavy atom. The second-order valence-corrected chi connectivity index (χ2v) is 11.2. The van der Waals surface area contributed by atoms with Crippen molar-refractivity contribution in [2.24, 2.45) is 5.41 Å². The lowest BCUT2D eigenvalue weighted by Gasteiger charge is -2.30. The van der Waals surface area contributed by atoms with Crippen molar-refractivity contribution >= 4 is 8.80 Å². The maximum Gasteiger partial charge on any atom is 0.0745 e. The van der Waals surface area contributed by atoms with E-state index in [1.807, 2.05) is 0 Å². The third-order valence-corrected chi connectivity index (χ3v) is 7.28. The van der Waals surface area contributed by atoms with Crippen LogP contribution in [0.15, 0.2) is 70.9 Å². The SMILES string of the molecule is C[Si](C)C1=C(C(C)(C)C)C(C2c3ccccc3-c3ccccc32)=CC1. The second-order valence-electron chi connectivity index (χ2n) is 8.57. The Bertz CT molecular complexity index is 845. The molecule has 0 fully saturated rings. The lowest BCUT2D eigenvalue weighted by molar-refractivity contribution is 0.505. The minimum Gasteiger partial charge on any atom is -0.0764 e. The molecule has 0 nitrogen and oxygen atoms in total. The monoisotopic (exact) mass is 343 g/mol. The molecular formula is C24H27Si. The molecule has 0 saturated heterocycles. The summed E-state index contributed by atoms with van der Waals surface area (Å²) in [5, 5.41) is 1.73. The molecule has 0 bridgehead atoms.